The minimum Gasteiger partial charge on any atom is -0.496 e. The average Bonchev–Trinajstić information content (AvgIpc) is 3.09. The number of anilines is 1. The maximum absolute atomic E-state index is 12.4. The van der Waals surface area contributed by atoms with Crippen molar-refractivity contribution in [3.63, 3.8) is 0 Å². The summed E-state index contributed by atoms with van der Waals surface area (Å²) >= 11 is 7.18. The summed E-state index contributed by atoms with van der Waals surface area (Å²) in [6.45, 7) is 0. The standard InChI is InChI=1S/C17H13ClN4O4S/c1-26-14-5-3-2-4-10(14)8-15-20-21-17(27-15)19-16(23)12-9-11(22(24)25)6-7-13(12)18/h2-7,9H,8H2,1H3,(H,19,21,23). The summed E-state index contributed by atoms with van der Waals surface area (Å²) in [6, 6.07) is 11.2. The van der Waals surface area contributed by atoms with Crippen LogP contribution < -0.4 is 10.1 Å². The highest BCUT2D eigenvalue weighted by molar-refractivity contribution is 7.15. The smallest absolute Gasteiger partial charge is 0.270 e. The number of nitro groups is 1. The zero-order valence-corrected chi connectivity index (χ0v) is 15.6. The van der Waals surface area contributed by atoms with Crippen LogP contribution in [0.2, 0.25) is 5.02 Å². The van der Waals surface area contributed by atoms with Gasteiger partial charge in [0.1, 0.15) is 10.8 Å². The van der Waals surface area contributed by atoms with E-state index in [0.29, 0.717) is 11.4 Å². The Morgan fingerprint density at radius 3 is 2.81 bits per heavy atom. The molecule has 0 aliphatic rings. The van der Waals surface area contributed by atoms with E-state index in [1.54, 1.807) is 7.11 Å². The number of rotatable bonds is 6. The molecule has 2 aromatic carbocycles. The number of carbonyl (C=O) groups is 1. The van der Waals surface area contributed by atoms with Gasteiger partial charge in [0.25, 0.3) is 11.6 Å². The van der Waals surface area contributed by atoms with Gasteiger partial charge >= 0.3 is 0 Å². The third-order valence-corrected chi connectivity index (χ3v) is 4.80. The first-order valence-electron chi connectivity index (χ1n) is 7.67. The van der Waals surface area contributed by atoms with Crippen molar-refractivity contribution in [2.45, 2.75) is 6.42 Å². The number of para-hydroxylation sites is 1. The number of aromatic nitrogens is 2. The Balaban J connectivity index is 1.75. The van der Waals surface area contributed by atoms with E-state index in [9.17, 15) is 14.9 Å². The van der Waals surface area contributed by atoms with Crippen LogP contribution in [0.15, 0.2) is 42.5 Å². The lowest BCUT2D eigenvalue weighted by Gasteiger charge is -2.05. The monoisotopic (exact) mass is 404 g/mol. The maximum atomic E-state index is 12.4. The van der Waals surface area contributed by atoms with Gasteiger partial charge in [-0.2, -0.15) is 0 Å². The molecule has 1 aromatic heterocycles. The number of amides is 1. The number of halogens is 1. The summed E-state index contributed by atoms with van der Waals surface area (Å²) in [5.74, 6) is 0.144. The molecule has 0 fully saturated rings. The zero-order valence-electron chi connectivity index (χ0n) is 14.0. The predicted molar refractivity (Wildman–Crippen MR) is 102 cm³/mol. The number of hydrogen-bond acceptors (Lipinski definition) is 7. The fourth-order valence-electron chi connectivity index (χ4n) is 2.35. The molecule has 8 nitrogen and oxygen atoms in total. The van der Waals surface area contributed by atoms with Crippen molar-refractivity contribution in [2.75, 3.05) is 12.4 Å². The van der Waals surface area contributed by atoms with Crippen molar-refractivity contribution in [1.82, 2.24) is 10.2 Å². The lowest BCUT2D eigenvalue weighted by Crippen LogP contribution is -2.12. The molecule has 3 rings (SSSR count). The first-order chi connectivity index (χ1) is 13.0. The van der Waals surface area contributed by atoms with Gasteiger partial charge in [-0.1, -0.05) is 41.1 Å². The molecule has 0 aliphatic heterocycles. The van der Waals surface area contributed by atoms with E-state index in [2.05, 4.69) is 15.5 Å². The van der Waals surface area contributed by atoms with Gasteiger partial charge in [0, 0.05) is 24.1 Å². The quantitative estimate of drug-likeness (QED) is 0.492. The number of benzene rings is 2. The van der Waals surface area contributed by atoms with Gasteiger partial charge in [-0.05, 0) is 12.1 Å². The van der Waals surface area contributed by atoms with Crippen LogP contribution in [0, 0.1) is 10.1 Å². The van der Waals surface area contributed by atoms with E-state index >= 15 is 0 Å². The van der Waals surface area contributed by atoms with Gasteiger partial charge in [-0.15, -0.1) is 10.2 Å². The summed E-state index contributed by atoms with van der Waals surface area (Å²) < 4.78 is 5.31. The summed E-state index contributed by atoms with van der Waals surface area (Å²) in [4.78, 5) is 22.7. The lowest BCUT2D eigenvalue weighted by atomic mass is 10.1. The molecule has 0 unspecified atom stereocenters. The van der Waals surface area contributed by atoms with E-state index < -0.39 is 10.8 Å². The van der Waals surface area contributed by atoms with Crippen molar-refractivity contribution < 1.29 is 14.5 Å². The predicted octanol–water partition coefficient (Wildman–Crippen LogP) is 3.95. The largest absolute Gasteiger partial charge is 0.496 e. The van der Waals surface area contributed by atoms with Gasteiger partial charge in [0.05, 0.1) is 22.6 Å². The van der Waals surface area contributed by atoms with Crippen LogP contribution in [-0.4, -0.2) is 28.1 Å². The van der Waals surface area contributed by atoms with Crippen LogP contribution in [0.4, 0.5) is 10.8 Å². The second-order valence-corrected chi connectivity index (χ2v) is 6.83. The molecule has 1 amide bonds. The lowest BCUT2D eigenvalue weighted by molar-refractivity contribution is -0.384. The SMILES string of the molecule is COc1ccccc1Cc1nnc(NC(=O)c2cc([N+](=O)[O-])ccc2Cl)s1. The molecule has 0 atom stereocenters. The normalized spacial score (nSPS) is 10.4. The molecule has 0 spiro atoms. The van der Waals surface area contributed by atoms with E-state index in [-0.39, 0.29) is 21.4 Å². The molecule has 0 saturated carbocycles. The highest BCUT2D eigenvalue weighted by atomic mass is 35.5. The van der Waals surface area contributed by atoms with Crippen molar-refractivity contribution in [1.29, 1.82) is 0 Å². The molecule has 0 bridgehead atoms. The summed E-state index contributed by atoms with van der Waals surface area (Å²) in [7, 11) is 1.59. The molecule has 138 valence electrons. The summed E-state index contributed by atoms with van der Waals surface area (Å²) in [5, 5.41) is 22.5. The number of ether oxygens (including phenoxy) is 1. The van der Waals surface area contributed by atoms with Gasteiger partial charge in [-0.3, -0.25) is 20.2 Å². The fraction of sp³-hybridized carbons (Fsp3) is 0.118. The van der Waals surface area contributed by atoms with Gasteiger partial charge < -0.3 is 4.74 Å². The Kier molecular flexibility index (Phi) is 5.63. The van der Waals surface area contributed by atoms with E-state index in [1.807, 2.05) is 24.3 Å². The highest BCUT2D eigenvalue weighted by Gasteiger charge is 2.18. The van der Waals surface area contributed by atoms with Crippen molar-refractivity contribution >= 4 is 39.7 Å². The average molecular weight is 405 g/mol. The summed E-state index contributed by atoms with van der Waals surface area (Å²) in [5.41, 5.74) is 0.710. The molecule has 1 heterocycles. The van der Waals surface area contributed by atoms with Gasteiger partial charge in [-0.25, -0.2) is 0 Å². The number of nitro benzene ring substituents is 1. The summed E-state index contributed by atoms with van der Waals surface area (Å²) in [6.07, 6.45) is 0.495. The molecule has 27 heavy (non-hydrogen) atoms. The molecule has 10 heteroatoms. The second-order valence-electron chi connectivity index (χ2n) is 5.36. The number of non-ortho nitro benzene ring substituents is 1. The third-order valence-electron chi connectivity index (χ3n) is 3.63. The van der Waals surface area contributed by atoms with Crippen molar-refractivity contribution in [3.8, 4) is 5.75 Å². The van der Waals surface area contributed by atoms with Gasteiger partial charge in [0.15, 0.2) is 0 Å². The minimum absolute atomic E-state index is 0.00709. The Morgan fingerprint density at radius 2 is 2.07 bits per heavy atom. The second kappa shape index (κ2) is 8.11. The Hall–Kier alpha value is -3.04. The van der Waals surface area contributed by atoms with E-state index in [1.165, 1.54) is 23.5 Å². The number of hydrogen-bond donors (Lipinski definition) is 1. The Bertz CT molecular complexity index is 1010. The first kappa shape index (κ1) is 18.7. The minimum atomic E-state index is -0.594. The number of nitrogens with zero attached hydrogens (tertiary/aromatic N) is 3. The van der Waals surface area contributed by atoms with Crippen molar-refractivity contribution in [3.05, 3.63) is 73.7 Å². The first-order valence-corrected chi connectivity index (χ1v) is 8.87. The Morgan fingerprint density at radius 1 is 1.30 bits per heavy atom. The van der Waals surface area contributed by atoms with Crippen LogP contribution in [0.1, 0.15) is 20.9 Å². The van der Waals surface area contributed by atoms with Crippen LogP contribution in [-0.2, 0) is 6.42 Å². The van der Waals surface area contributed by atoms with Crippen LogP contribution in [0.3, 0.4) is 0 Å². The molecule has 0 saturated heterocycles. The van der Waals surface area contributed by atoms with Gasteiger partial charge in [0.2, 0.25) is 5.13 Å². The zero-order chi connectivity index (χ0) is 19.4. The number of nitrogens with one attached hydrogen (secondary N) is 1. The molecule has 1 N–H and O–H groups in total. The highest BCUT2D eigenvalue weighted by Crippen LogP contribution is 2.26. The molecular formula is C17H13ClN4O4S. The van der Waals surface area contributed by atoms with Crippen LogP contribution >= 0.6 is 22.9 Å². The number of carbonyl (C=O) groups excluding carboxylic acids is 1. The molecule has 0 aliphatic carbocycles. The molecule has 0 radical (unpaired) electrons. The van der Waals surface area contributed by atoms with E-state index in [4.69, 9.17) is 16.3 Å². The topological polar surface area (TPSA) is 107 Å². The fourth-order valence-corrected chi connectivity index (χ4v) is 3.31. The molecule has 3 aromatic rings. The third kappa shape index (κ3) is 4.39. The maximum Gasteiger partial charge on any atom is 0.270 e. The van der Waals surface area contributed by atoms with Crippen molar-refractivity contribution in [2.24, 2.45) is 0 Å². The number of methoxy groups -OCH3 is 1. The van der Waals surface area contributed by atoms with Crippen LogP contribution in [0.25, 0.3) is 0 Å². The van der Waals surface area contributed by atoms with Crippen LogP contribution in [0.5, 0.6) is 5.75 Å². The Labute approximate surface area is 162 Å². The molecular weight excluding hydrogens is 392 g/mol. The van der Waals surface area contributed by atoms with E-state index in [0.717, 1.165) is 17.4 Å².